The van der Waals surface area contributed by atoms with Crippen LogP contribution in [-0.2, 0) is 0 Å². The second-order valence-electron chi connectivity index (χ2n) is 9.35. The van der Waals surface area contributed by atoms with Gasteiger partial charge in [0.2, 0.25) is 0 Å². The van der Waals surface area contributed by atoms with Crippen LogP contribution >= 0.6 is 0 Å². The fraction of sp³-hybridized carbons (Fsp3) is 0. The van der Waals surface area contributed by atoms with E-state index in [1.807, 2.05) is 66.7 Å². The molecule has 0 spiro atoms. The van der Waals surface area contributed by atoms with E-state index in [-0.39, 0.29) is 29.7 Å². The molecule has 0 aliphatic rings. The van der Waals surface area contributed by atoms with E-state index in [4.69, 9.17) is 11.3 Å². The van der Waals surface area contributed by atoms with Gasteiger partial charge >= 0.3 is 0 Å². The van der Waals surface area contributed by atoms with Crippen LogP contribution in [0.25, 0.3) is 76.5 Å². The van der Waals surface area contributed by atoms with Crippen molar-refractivity contribution in [3.63, 3.8) is 0 Å². The molecule has 0 saturated carbocycles. The van der Waals surface area contributed by atoms with Crippen molar-refractivity contribution >= 4 is 54.3 Å². The minimum absolute atomic E-state index is 0.206. The summed E-state index contributed by atoms with van der Waals surface area (Å²) in [6, 6.07) is 33.1. The quantitative estimate of drug-likeness (QED) is 0.227. The molecule has 1 aromatic heterocycles. The van der Waals surface area contributed by atoms with Crippen molar-refractivity contribution in [2.24, 2.45) is 0 Å². The SMILES string of the molecule is [2H]c1c([2H])c([2H])c(-c2c3ccccc3c(-c3ccc4oc5cc6ccccc6cc5c4c3)c3ccccc23)c([2H])c1[2H]. The van der Waals surface area contributed by atoms with Gasteiger partial charge in [0, 0.05) is 10.8 Å². The Hall–Kier alpha value is -4.88. The molecule has 172 valence electrons. The molecule has 1 nitrogen and oxygen atoms in total. The summed E-state index contributed by atoms with van der Waals surface area (Å²) in [4.78, 5) is 0. The summed E-state index contributed by atoms with van der Waals surface area (Å²) in [7, 11) is 0. The maximum absolute atomic E-state index is 8.76. The third-order valence-corrected chi connectivity index (χ3v) is 7.31. The van der Waals surface area contributed by atoms with E-state index >= 15 is 0 Å². The van der Waals surface area contributed by atoms with E-state index in [0.717, 1.165) is 65.4 Å². The van der Waals surface area contributed by atoms with Gasteiger partial charge in [-0.25, -0.2) is 0 Å². The normalized spacial score (nSPS) is 13.7. The van der Waals surface area contributed by atoms with Crippen LogP contribution < -0.4 is 0 Å². The number of benzene rings is 7. The molecular weight excluding hydrogens is 448 g/mol. The molecule has 0 saturated heterocycles. The monoisotopic (exact) mass is 475 g/mol. The van der Waals surface area contributed by atoms with Crippen molar-refractivity contribution in [2.75, 3.05) is 0 Å². The molecule has 0 fully saturated rings. The van der Waals surface area contributed by atoms with Gasteiger partial charge in [0.1, 0.15) is 11.2 Å². The molecule has 0 bridgehead atoms. The molecule has 0 atom stereocenters. The van der Waals surface area contributed by atoms with E-state index in [2.05, 4.69) is 36.4 Å². The van der Waals surface area contributed by atoms with Gasteiger partial charge < -0.3 is 4.42 Å². The second kappa shape index (κ2) is 7.81. The summed E-state index contributed by atoms with van der Waals surface area (Å²) in [5, 5.41) is 7.89. The first-order chi connectivity index (χ1) is 20.4. The molecule has 1 heteroatoms. The van der Waals surface area contributed by atoms with Crippen molar-refractivity contribution in [3.8, 4) is 22.3 Å². The van der Waals surface area contributed by atoms with Crippen molar-refractivity contribution in [2.45, 2.75) is 0 Å². The number of rotatable bonds is 2. The Morgan fingerprint density at radius 2 is 0.973 bits per heavy atom. The molecule has 37 heavy (non-hydrogen) atoms. The van der Waals surface area contributed by atoms with Crippen LogP contribution in [0.4, 0.5) is 0 Å². The lowest BCUT2D eigenvalue weighted by atomic mass is 9.86. The zero-order valence-electron chi connectivity index (χ0n) is 24.7. The van der Waals surface area contributed by atoms with Gasteiger partial charge in [0.15, 0.2) is 0 Å². The molecule has 0 aliphatic heterocycles. The Morgan fingerprint density at radius 3 is 1.62 bits per heavy atom. The second-order valence-corrected chi connectivity index (χ2v) is 9.35. The van der Waals surface area contributed by atoms with E-state index < -0.39 is 6.04 Å². The Kier molecular flexibility index (Phi) is 3.37. The van der Waals surface area contributed by atoms with E-state index in [0.29, 0.717) is 5.56 Å². The number of fused-ring (bicyclic) bond motifs is 6. The molecule has 1 heterocycles. The summed E-state index contributed by atoms with van der Waals surface area (Å²) in [5.41, 5.74) is 4.54. The predicted molar refractivity (Wildman–Crippen MR) is 157 cm³/mol. The molecule has 0 aliphatic carbocycles. The average molecular weight is 476 g/mol. The maximum Gasteiger partial charge on any atom is 0.136 e. The Bertz CT molecular complexity index is 2340. The first-order valence-corrected chi connectivity index (χ1v) is 12.3. The number of furan rings is 1. The van der Waals surface area contributed by atoms with E-state index in [1.165, 1.54) is 0 Å². The Balaban J connectivity index is 1.49. The molecule has 0 amide bonds. The molecule has 0 unspecified atom stereocenters. The smallest absolute Gasteiger partial charge is 0.136 e. The third kappa shape index (κ3) is 3.04. The van der Waals surface area contributed by atoms with Crippen LogP contribution in [-0.4, -0.2) is 0 Å². The maximum atomic E-state index is 8.76. The van der Waals surface area contributed by atoms with E-state index in [9.17, 15) is 0 Å². The lowest BCUT2D eigenvalue weighted by Gasteiger charge is -2.17. The highest BCUT2D eigenvalue weighted by atomic mass is 16.3. The molecule has 8 aromatic rings. The van der Waals surface area contributed by atoms with Gasteiger partial charge in [0.05, 0.1) is 6.85 Å². The fourth-order valence-corrected chi connectivity index (χ4v) is 5.70. The summed E-state index contributed by atoms with van der Waals surface area (Å²) in [5.74, 6) is 0. The van der Waals surface area contributed by atoms with Gasteiger partial charge in [-0.05, 0) is 78.8 Å². The zero-order chi connectivity index (χ0) is 28.7. The van der Waals surface area contributed by atoms with E-state index in [1.54, 1.807) is 0 Å². The van der Waals surface area contributed by atoms with Gasteiger partial charge in [-0.3, -0.25) is 0 Å². The molecule has 8 rings (SSSR count). The van der Waals surface area contributed by atoms with Crippen molar-refractivity contribution < 1.29 is 11.3 Å². The Labute approximate surface area is 221 Å². The van der Waals surface area contributed by atoms with Gasteiger partial charge in [-0.2, -0.15) is 0 Å². The standard InChI is InChI=1S/C36H22O/c1-2-10-23(11-3-1)35-27-14-6-8-16-29(27)36(30-17-9-7-15-28(30)35)26-18-19-33-31(21-26)32-20-24-12-4-5-13-25(24)22-34(32)37-33/h1-22H/i1D,2D,3D,10D,11D. The highest BCUT2D eigenvalue weighted by Gasteiger charge is 2.17. The van der Waals surface area contributed by atoms with Crippen LogP contribution in [0.2, 0.25) is 0 Å². The first kappa shape index (κ1) is 16.0. The van der Waals surface area contributed by atoms with Gasteiger partial charge in [0.25, 0.3) is 0 Å². The molecule has 7 aromatic carbocycles. The molecular formula is C36H22O. The van der Waals surface area contributed by atoms with Crippen LogP contribution in [0.3, 0.4) is 0 Å². The third-order valence-electron chi connectivity index (χ3n) is 7.31. The van der Waals surface area contributed by atoms with Crippen LogP contribution in [0.5, 0.6) is 0 Å². The highest BCUT2D eigenvalue weighted by Crippen LogP contribution is 2.44. The minimum atomic E-state index is -0.396. The van der Waals surface area contributed by atoms with Crippen molar-refractivity contribution in [1.29, 1.82) is 0 Å². The van der Waals surface area contributed by atoms with Crippen LogP contribution in [0.15, 0.2) is 138 Å². The average Bonchev–Trinajstić information content (AvgIpc) is 3.38. The highest BCUT2D eigenvalue weighted by molar-refractivity contribution is 6.22. The minimum Gasteiger partial charge on any atom is -0.456 e. The molecule has 0 N–H and O–H groups in total. The summed E-state index contributed by atoms with van der Waals surface area (Å²) in [6.07, 6.45) is 0. The largest absolute Gasteiger partial charge is 0.456 e. The summed E-state index contributed by atoms with van der Waals surface area (Å²) >= 11 is 0. The Morgan fingerprint density at radius 1 is 0.432 bits per heavy atom. The first-order valence-electron chi connectivity index (χ1n) is 14.8. The number of hydrogen-bond acceptors (Lipinski definition) is 1. The van der Waals surface area contributed by atoms with Crippen LogP contribution in [0, 0.1) is 0 Å². The van der Waals surface area contributed by atoms with Crippen LogP contribution in [0.1, 0.15) is 6.85 Å². The lowest BCUT2D eigenvalue weighted by Crippen LogP contribution is -1.90. The number of hydrogen-bond donors (Lipinski definition) is 0. The molecule has 0 radical (unpaired) electrons. The zero-order valence-corrected chi connectivity index (χ0v) is 19.7. The lowest BCUT2D eigenvalue weighted by molar-refractivity contribution is 0.669. The summed E-state index contributed by atoms with van der Waals surface area (Å²) in [6.45, 7) is 0. The topological polar surface area (TPSA) is 13.1 Å². The summed E-state index contributed by atoms with van der Waals surface area (Å²) < 4.78 is 48.6. The fourth-order valence-electron chi connectivity index (χ4n) is 5.70. The van der Waals surface area contributed by atoms with Gasteiger partial charge in [-0.1, -0.05) is 109 Å². The van der Waals surface area contributed by atoms with Crippen molar-refractivity contribution in [3.05, 3.63) is 133 Å². The van der Waals surface area contributed by atoms with Crippen molar-refractivity contribution in [1.82, 2.24) is 0 Å². The van der Waals surface area contributed by atoms with Gasteiger partial charge in [-0.15, -0.1) is 0 Å². The predicted octanol–water partition coefficient (Wildman–Crippen LogP) is 10.4.